The van der Waals surface area contributed by atoms with Gasteiger partial charge in [-0.25, -0.2) is 4.79 Å². The minimum atomic E-state index is -0.913. The van der Waals surface area contributed by atoms with E-state index < -0.39 is 5.97 Å². The number of hydrogen-bond donors (Lipinski definition) is 1. The SMILES string of the molecule is CCc1nnsc1C(=O)N1CCC(Cc2ccc(C(=O)O)cc2)C1. The fourth-order valence-electron chi connectivity index (χ4n) is 3.05. The first kappa shape index (κ1) is 16.6. The van der Waals surface area contributed by atoms with E-state index in [2.05, 4.69) is 9.59 Å². The summed E-state index contributed by atoms with van der Waals surface area (Å²) in [4.78, 5) is 26.0. The average Bonchev–Trinajstić information content (AvgIpc) is 3.23. The van der Waals surface area contributed by atoms with Gasteiger partial charge in [-0.05, 0) is 54.4 Å². The predicted octanol–water partition coefficient (Wildman–Crippen LogP) is 2.50. The average molecular weight is 345 g/mol. The molecule has 1 aromatic heterocycles. The van der Waals surface area contributed by atoms with Gasteiger partial charge in [0.05, 0.1) is 11.3 Å². The summed E-state index contributed by atoms with van der Waals surface area (Å²) in [6.45, 7) is 3.44. The van der Waals surface area contributed by atoms with Gasteiger partial charge < -0.3 is 10.0 Å². The zero-order valence-electron chi connectivity index (χ0n) is 13.4. The number of aromatic nitrogens is 2. The number of carboxylic acids is 1. The number of amides is 1. The Kier molecular flexibility index (Phi) is 4.89. The van der Waals surface area contributed by atoms with Crippen LogP contribution in [-0.2, 0) is 12.8 Å². The monoisotopic (exact) mass is 345 g/mol. The molecule has 3 rings (SSSR count). The van der Waals surface area contributed by atoms with Crippen molar-refractivity contribution in [3.8, 4) is 0 Å². The van der Waals surface area contributed by atoms with Crippen LogP contribution in [0.1, 0.15) is 44.6 Å². The van der Waals surface area contributed by atoms with Crippen molar-refractivity contribution in [2.75, 3.05) is 13.1 Å². The first-order valence-corrected chi connectivity index (χ1v) is 8.78. The molecule has 1 aromatic carbocycles. The molecule has 2 heterocycles. The van der Waals surface area contributed by atoms with Crippen molar-refractivity contribution < 1.29 is 14.7 Å². The number of likely N-dealkylation sites (tertiary alicyclic amines) is 1. The highest BCUT2D eigenvalue weighted by molar-refractivity contribution is 7.08. The molecule has 0 saturated carbocycles. The molecule has 1 aliphatic rings. The van der Waals surface area contributed by atoms with E-state index in [1.165, 1.54) is 11.5 Å². The summed E-state index contributed by atoms with van der Waals surface area (Å²) in [5, 5.41) is 12.9. The molecule has 1 saturated heterocycles. The maximum Gasteiger partial charge on any atom is 0.335 e. The summed E-state index contributed by atoms with van der Waals surface area (Å²) in [5.41, 5.74) is 2.18. The van der Waals surface area contributed by atoms with Crippen LogP contribution in [0, 0.1) is 5.92 Å². The summed E-state index contributed by atoms with van der Waals surface area (Å²) in [6.07, 6.45) is 2.52. The van der Waals surface area contributed by atoms with Crippen LogP contribution < -0.4 is 0 Å². The van der Waals surface area contributed by atoms with Crippen molar-refractivity contribution in [2.45, 2.75) is 26.2 Å². The van der Waals surface area contributed by atoms with Crippen LogP contribution in [0.3, 0.4) is 0 Å². The highest BCUT2D eigenvalue weighted by Gasteiger charge is 2.29. The zero-order chi connectivity index (χ0) is 17.1. The molecule has 7 heteroatoms. The number of hydrogen-bond acceptors (Lipinski definition) is 5. The second kappa shape index (κ2) is 7.09. The second-order valence-corrected chi connectivity index (χ2v) is 6.77. The molecule has 0 aliphatic carbocycles. The van der Waals surface area contributed by atoms with Crippen molar-refractivity contribution in [2.24, 2.45) is 5.92 Å². The molecule has 1 fully saturated rings. The number of benzene rings is 1. The maximum atomic E-state index is 12.6. The Morgan fingerprint density at radius 2 is 2.08 bits per heavy atom. The van der Waals surface area contributed by atoms with E-state index in [0.717, 1.165) is 37.2 Å². The van der Waals surface area contributed by atoms with Gasteiger partial charge in [-0.3, -0.25) is 4.79 Å². The number of aromatic carboxylic acids is 1. The first-order chi connectivity index (χ1) is 11.6. The van der Waals surface area contributed by atoms with E-state index in [-0.39, 0.29) is 5.91 Å². The topological polar surface area (TPSA) is 83.4 Å². The predicted molar refractivity (Wildman–Crippen MR) is 90.4 cm³/mol. The van der Waals surface area contributed by atoms with Gasteiger partial charge in [0.2, 0.25) is 0 Å². The molecule has 24 heavy (non-hydrogen) atoms. The van der Waals surface area contributed by atoms with Crippen molar-refractivity contribution in [1.82, 2.24) is 14.5 Å². The minimum Gasteiger partial charge on any atom is -0.478 e. The van der Waals surface area contributed by atoms with E-state index in [1.807, 2.05) is 24.0 Å². The van der Waals surface area contributed by atoms with E-state index in [0.29, 0.717) is 22.8 Å². The maximum absolute atomic E-state index is 12.6. The first-order valence-electron chi connectivity index (χ1n) is 8.01. The van der Waals surface area contributed by atoms with Gasteiger partial charge in [0.25, 0.3) is 5.91 Å². The van der Waals surface area contributed by atoms with E-state index in [1.54, 1.807) is 12.1 Å². The molecule has 1 amide bonds. The lowest BCUT2D eigenvalue weighted by atomic mass is 9.98. The smallest absolute Gasteiger partial charge is 0.335 e. The molecule has 0 spiro atoms. The number of rotatable bonds is 5. The number of nitrogens with zero attached hydrogens (tertiary/aromatic N) is 3. The Hall–Kier alpha value is -2.28. The van der Waals surface area contributed by atoms with Crippen LogP contribution in [-0.4, -0.2) is 44.6 Å². The number of carbonyl (C=O) groups excluding carboxylic acids is 1. The third-order valence-electron chi connectivity index (χ3n) is 4.38. The quantitative estimate of drug-likeness (QED) is 0.900. The van der Waals surface area contributed by atoms with Crippen molar-refractivity contribution in [3.05, 3.63) is 46.0 Å². The van der Waals surface area contributed by atoms with E-state index >= 15 is 0 Å². The highest BCUT2D eigenvalue weighted by Crippen LogP contribution is 2.24. The molecule has 126 valence electrons. The summed E-state index contributed by atoms with van der Waals surface area (Å²) in [7, 11) is 0. The van der Waals surface area contributed by atoms with Crippen LogP contribution in [0.15, 0.2) is 24.3 Å². The molecule has 1 N–H and O–H groups in total. The Morgan fingerprint density at radius 1 is 1.33 bits per heavy atom. The van der Waals surface area contributed by atoms with Crippen LogP contribution >= 0.6 is 11.5 Å². The lowest BCUT2D eigenvalue weighted by Gasteiger charge is -2.16. The van der Waals surface area contributed by atoms with E-state index in [4.69, 9.17) is 5.11 Å². The third-order valence-corrected chi connectivity index (χ3v) is 5.14. The summed E-state index contributed by atoms with van der Waals surface area (Å²) >= 11 is 1.17. The van der Waals surface area contributed by atoms with Crippen LogP contribution in [0.2, 0.25) is 0 Å². The second-order valence-electron chi connectivity index (χ2n) is 6.01. The van der Waals surface area contributed by atoms with Gasteiger partial charge in [0.15, 0.2) is 0 Å². The molecule has 1 unspecified atom stereocenters. The third kappa shape index (κ3) is 3.46. The van der Waals surface area contributed by atoms with Crippen molar-refractivity contribution >= 4 is 23.4 Å². The van der Waals surface area contributed by atoms with Crippen molar-refractivity contribution in [3.63, 3.8) is 0 Å². The van der Waals surface area contributed by atoms with Gasteiger partial charge in [-0.1, -0.05) is 23.5 Å². The number of aryl methyl sites for hydroxylation is 1. The highest BCUT2D eigenvalue weighted by atomic mass is 32.1. The van der Waals surface area contributed by atoms with Gasteiger partial charge in [-0.15, -0.1) is 5.10 Å². The molecule has 2 aromatic rings. The number of carboxylic acid groups (broad SMARTS) is 1. The van der Waals surface area contributed by atoms with Gasteiger partial charge in [0.1, 0.15) is 4.88 Å². The Morgan fingerprint density at radius 3 is 2.75 bits per heavy atom. The zero-order valence-corrected chi connectivity index (χ0v) is 14.3. The van der Waals surface area contributed by atoms with E-state index in [9.17, 15) is 9.59 Å². The Labute approximate surface area is 144 Å². The molecule has 0 bridgehead atoms. The molecule has 6 nitrogen and oxygen atoms in total. The van der Waals surface area contributed by atoms with Crippen LogP contribution in [0.25, 0.3) is 0 Å². The van der Waals surface area contributed by atoms with Gasteiger partial charge in [-0.2, -0.15) is 0 Å². The fraction of sp³-hybridized carbons (Fsp3) is 0.412. The lowest BCUT2D eigenvalue weighted by Crippen LogP contribution is -2.29. The van der Waals surface area contributed by atoms with Crippen LogP contribution in [0.5, 0.6) is 0 Å². The molecular weight excluding hydrogens is 326 g/mol. The normalized spacial score (nSPS) is 17.2. The Balaban J connectivity index is 1.61. The summed E-state index contributed by atoms with van der Waals surface area (Å²) < 4.78 is 3.89. The van der Waals surface area contributed by atoms with Gasteiger partial charge in [0, 0.05) is 13.1 Å². The lowest BCUT2D eigenvalue weighted by molar-refractivity contribution is 0.0696. The largest absolute Gasteiger partial charge is 0.478 e. The standard InChI is InChI=1S/C17H19N3O3S/c1-2-14-15(24-19-18-14)16(21)20-8-7-12(10-20)9-11-3-5-13(6-4-11)17(22)23/h3-6,12H,2,7-10H2,1H3,(H,22,23). The van der Waals surface area contributed by atoms with Crippen molar-refractivity contribution in [1.29, 1.82) is 0 Å². The minimum absolute atomic E-state index is 0.0329. The van der Waals surface area contributed by atoms with Crippen LogP contribution in [0.4, 0.5) is 0 Å². The summed E-state index contributed by atoms with van der Waals surface area (Å²) in [6, 6.07) is 6.98. The molecule has 1 aliphatic heterocycles. The molecular formula is C17H19N3O3S. The fourth-order valence-corrected chi connectivity index (χ4v) is 3.77. The molecule has 0 radical (unpaired) electrons. The number of carbonyl (C=O) groups is 2. The molecule has 1 atom stereocenters. The van der Waals surface area contributed by atoms with Gasteiger partial charge >= 0.3 is 5.97 Å². The summed E-state index contributed by atoms with van der Waals surface area (Å²) in [5.74, 6) is -0.481. The Bertz CT molecular complexity index is 742.